The fourth-order valence-corrected chi connectivity index (χ4v) is 1.14. The van der Waals surface area contributed by atoms with Crippen LogP contribution in [0.2, 0.25) is 0 Å². The van der Waals surface area contributed by atoms with Gasteiger partial charge in [0.15, 0.2) is 0 Å². The van der Waals surface area contributed by atoms with Crippen LogP contribution in [0.1, 0.15) is 5.56 Å². The van der Waals surface area contributed by atoms with Crippen LogP contribution in [-0.2, 0) is 4.79 Å². The molecule has 0 unspecified atom stereocenters. The number of carbonyl (C=O) groups excluding carboxylic acids is 1. The van der Waals surface area contributed by atoms with Crippen molar-refractivity contribution in [1.29, 1.82) is 0 Å². The van der Waals surface area contributed by atoms with Crippen molar-refractivity contribution in [2.45, 2.75) is 6.92 Å². The highest BCUT2D eigenvalue weighted by molar-refractivity contribution is 6.17. The van der Waals surface area contributed by atoms with Crippen molar-refractivity contribution in [3.8, 4) is 0 Å². The van der Waals surface area contributed by atoms with Gasteiger partial charge in [0.2, 0.25) is 0 Å². The molecule has 0 atom stereocenters. The van der Waals surface area contributed by atoms with Crippen molar-refractivity contribution >= 4 is 17.8 Å². The molecular formula is C11H14N4O. The molecule has 5 nitrogen and oxygen atoms in total. The molecule has 84 valence electrons. The third-order valence-electron chi connectivity index (χ3n) is 1.84. The van der Waals surface area contributed by atoms with Gasteiger partial charge in [-0.15, -0.1) is 0 Å². The van der Waals surface area contributed by atoms with E-state index in [1.807, 2.05) is 13.0 Å². The Hall–Kier alpha value is -2.17. The Morgan fingerprint density at radius 3 is 2.88 bits per heavy atom. The summed E-state index contributed by atoms with van der Waals surface area (Å²) in [5, 5.41) is 2.68. The van der Waals surface area contributed by atoms with Crippen molar-refractivity contribution < 1.29 is 4.79 Å². The van der Waals surface area contributed by atoms with E-state index in [1.54, 1.807) is 19.4 Å². The molecule has 0 saturated carbocycles. The summed E-state index contributed by atoms with van der Waals surface area (Å²) >= 11 is 0. The van der Waals surface area contributed by atoms with Gasteiger partial charge in [0.1, 0.15) is 0 Å². The van der Waals surface area contributed by atoms with Gasteiger partial charge in [-0.3, -0.25) is 14.8 Å². The third kappa shape index (κ3) is 3.20. The maximum absolute atomic E-state index is 11.7. The second-order valence-electron chi connectivity index (χ2n) is 3.21. The van der Waals surface area contributed by atoms with Crippen LogP contribution >= 0.6 is 0 Å². The summed E-state index contributed by atoms with van der Waals surface area (Å²) in [4.78, 5) is 19.4. The van der Waals surface area contributed by atoms with Crippen molar-refractivity contribution in [2.75, 3.05) is 12.4 Å². The van der Waals surface area contributed by atoms with Gasteiger partial charge in [0.25, 0.3) is 5.91 Å². The Bertz CT molecular complexity index is 437. The summed E-state index contributed by atoms with van der Waals surface area (Å²) in [6, 6.07) is 1.82. The number of aromatic nitrogens is 1. The predicted molar refractivity (Wildman–Crippen MR) is 64.3 cm³/mol. The van der Waals surface area contributed by atoms with Crippen LogP contribution in [0.5, 0.6) is 0 Å². The maximum Gasteiger partial charge on any atom is 0.258 e. The molecule has 0 aliphatic heterocycles. The van der Waals surface area contributed by atoms with Crippen molar-refractivity contribution in [1.82, 2.24) is 4.98 Å². The quantitative estimate of drug-likeness (QED) is 0.583. The van der Waals surface area contributed by atoms with Gasteiger partial charge in [-0.2, -0.15) is 0 Å². The van der Waals surface area contributed by atoms with E-state index in [-0.39, 0.29) is 5.91 Å². The minimum Gasteiger partial charge on any atom is -0.404 e. The number of nitrogens with two attached hydrogens (primary N) is 1. The van der Waals surface area contributed by atoms with Gasteiger partial charge >= 0.3 is 0 Å². The number of amides is 1. The van der Waals surface area contributed by atoms with Gasteiger partial charge in [-0.1, -0.05) is 0 Å². The zero-order valence-corrected chi connectivity index (χ0v) is 9.27. The standard InChI is InChI=1S/C11H14N4O/c1-8-3-10(7-14-5-8)15-11(16)9(4-12)6-13-2/h3-7H,12H2,1-2H3,(H,15,16)/b9-4+,13-6?. The topological polar surface area (TPSA) is 80.4 Å². The third-order valence-corrected chi connectivity index (χ3v) is 1.84. The average molecular weight is 218 g/mol. The van der Waals surface area contributed by atoms with Crippen molar-refractivity contribution in [2.24, 2.45) is 10.7 Å². The lowest BCUT2D eigenvalue weighted by Crippen LogP contribution is -2.16. The minimum atomic E-state index is -0.305. The van der Waals surface area contributed by atoms with Crippen molar-refractivity contribution in [3.63, 3.8) is 0 Å². The smallest absolute Gasteiger partial charge is 0.258 e. The molecule has 0 aliphatic carbocycles. The molecule has 5 heteroatoms. The number of nitrogens with zero attached hydrogens (tertiary/aromatic N) is 2. The van der Waals surface area contributed by atoms with E-state index in [1.165, 1.54) is 12.4 Å². The first-order chi connectivity index (χ1) is 7.67. The van der Waals surface area contributed by atoms with E-state index in [4.69, 9.17) is 5.73 Å². The predicted octanol–water partition coefficient (Wildman–Crippen LogP) is 0.872. The number of anilines is 1. The molecule has 0 fully saturated rings. The SMILES string of the molecule is CN=C/C(=C\N)C(=O)Nc1cncc(C)c1. The Morgan fingerprint density at radius 1 is 1.56 bits per heavy atom. The number of aliphatic imine (C=N–C) groups is 1. The molecule has 0 spiro atoms. The first-order valence-electron chi connectivity index (χ1n) is 4.74. The van der Waals surface area contributed by atoms with E-state index < -0.39 is 0 Å². The highest BCUT2D eigenvalue weighted by atomic mass is 16.1. The van der Waals surface area contributed by atoms with Crippen LogP contribution < -0.4 is 11.1 Å². The lowest BCUT2D eigenvalue weighted by Gasteiger charge is -2.05. The molecule has 1 rings (SSSR count). The minimum absolute atomic E-state index is 0.305. The molecule has 0 radical (unpaired) electrons. The van der Waals surface area contributed by atoms with Crippen molar-refractivity contribution in [3.05, 3.63) is 35.8 Å². The summed E-state index contributed by atoms with van der Waals surface area (Å²) in [5.74, 6) is -0.305. The van der Waals surface area contributed by atoms with E-state index in [0.29, 0.717) is 11.3 Å². The van der Waals surface area contributed by atoms with E-state index >= 15 is 0 Å². The second-order valence-corrected chi connectivity index (χ2v) is 3.21. The molecule has 0 aromatic carbocycles. The van der Waals surface area contributed by atoms with Gasteiger partial charge in [-0.25, -0.2) is 0 Å². The number of pyridine rings is 1. The summed E-state index contributed by atoms with van der Waals surface area (Å²) < 4.78 is 0. The first kappa shape index (κ1) is 11.9. The number of rotatable bonds is 3. The van der Waals surface area contributed by atoms with Crippen LogP contribution in [0, 0.1) is 6.92 Å². The summed E-state index contributed by atoms with van der Waals surface area (Å²) in [6.07, 6.45) is 5.90. The molecule has 3 N–H and O–H groups in total. The Balaban J connectivity index is 2.78. The monoisotopic (exact) mass is 218 g/mol. The fourth-order valence-electron chi connectivity index (χ4n) is 1.14. The molecule has 0 aliphatic rings. The highest BCUT2D eigenvalue weighted by Crippen LogP contribution is 2.08. The molecular weight excluding hydrogens is 204 g/mol. The molecule has 1 amide bonds. The fraction of sp³-hybridized carbons (Fsp3) is 0.182. The van der Waals surface area contributed by atoms with Crippen LogP contribution in [0.15, 0.2) is 35.2 Å². The largest absolute Gasteiger partial charge is 0.404 e. The average Bonchev–Trinajstić information content (AvgIpc) is 2.25. The van der Waals surface area contributed by atoms with E-state index in [2.05, 4.69) is 15.3 Å². The van der Waals surface area contributed by atoms with Crippen LogP contribution in [0.4, 0.5) is 5.69 Å². The number of hydrogen-bond acceptors (Lipinski definition) is 4. The van der Waals surface area contributed by atoms with Crippen LogP contribution in [-0.4, -0.2) is 24.2 Å². The molecule has 1 aromatic heterocycles. The number of carbonyl (C=O) groups is 1. The van der Waals surface area contributed by atoms with Gasteiger partial charge < -0.3 is 11.1 Å². The van der Waals surface area contributed by atoms with Crippen LogP contribution in [0.25, 0.3) is 0 Å². The zero-order valence-electron chi connectivity index (χ0n) is 9.27. The van der Waals surface area contributed by atoms with Gasteiger partial charge in [-0.05, 0) is 18.6 Å². The summed E-state index contributed by atoms with van der Waals surface area (Å²) in [6.45, 7) is 1.90. The molecule has 0 bridgehead atoms. The summed E-state index contributed by atoms with van der Waals surface area (Å²) in [7, 11) is 1.57. The van der Waals surface area contributed by atoms with E-state index in [0.717, 1.165) is 5.56 Å². The molecule has 1 heterocycles. The number of nitrogens with one attached hydrogen (secondary N) is 1. The Labute approximate surface area is 94.1 Å². The number of hydrogen-bond donors (Lipinski definition) is 2. The lowest BCUT2D eigenvalue weighted by molar-refractivity contribution is -0.112. The second kappa shape index (κ2) is 5.65. The van der Waals surface area contributed by atoms with Gasteiger partial charge in [0, 0.05) is 25.7 Å². The summed E-state index contributed by atoms with van der Waals surface area (Å²) in [5.41, 5.74) is 7.23. The number of aryl methyl sites for hydroxylation is 1. The zero-order chi connectivity index (χ0) is 12.0. The Kier molecular flexibility index (Phi) is 4.20. The normalized spacial score (nSPS) is 11.8. The van der Waals surface area contributed by atoms with E-state index in [9.17, 15) is 4.79 Å². The maximum atomic E-state index is 11.7. The highest BCUT2D eigenvalue weighted by Gasteiger charge is 2.06. The first-order valence-corrected chi connectivity index (χ1v) is 4.74. The van der Waals surface area contributed by atoms with Gasteiger partial charge in [0.05, 0.1) is 17.5 Å². The molecule has 1 aromatic rings. The molecule has 16 heavy (non-hydrogen) atoms. The Morgan fingerprint density at radius 2 is 2.31 bits per heavy atom. The van der Waals surface area contributed by atoms with Crippen LogP contribution in [0.3, 0.4) is 0 Å². The lowest BCUT2D eigenvalue weighted by atomic mass is 10.2. The molecule has 0 saturated heterocycles.